The minimum Gasteiger partial charge on any atom is -0.286 e. The number of carbonyl (C=O) groups is 1. The molecule has 0 spiro atoms. The lowest BCUT2D eigenvalue weighted by Gasteiger charge is -2.58. The Balaban J connectivity index is 1.36. The first-order valence-electron chi connectivity index (χ1n) is 15.4. The van der Waals surface area contributed by atoms with E-state index in [1.807, 2.05) is 0 Å². The molecule has 0 heterocycles. The molecule has 8 unspecified atom stereocenters. The van der Waals surface area contributed by atoms with Gasteiger partial charge in [0, 0.05) is 5.25 Å². The summed E-state index contributed by atoms with van der Waals surface area (Å²) in [6, 6.07) is 0. The number of halogens is 1. The first kappa shape index (κ1) is 28.1. The molecule has 200 valence electrons. The molecule has 3 saturated carbocycles. The molecule has 0 amide bonds. The van der Waals surface area contributed by atoms with Crippen LogP contribution in [-0.2, 0) is 4.79 Å². The molecule has 0 saturated heterocycles. The van der Waals surface area contributed by atoms with Crippen LogP contribution in [-0.4, -0.2) is 15.7 Å². The molecule has 0 aromatic heterocycles. The van der Waals surface area contributed by atoms with Gasteiger partial charge in [0.25, 0.3) is 0 Å². The quantitative estimate of drug-likeness (QED) is 0.153. The summed E-state index contributed by atoms with van der Waals surface area (Å²) >= 11 is 7.93. The first-order chi connectivity index (χ1) is 16.8. The van der Waals surface area contributed by atoms with Crippen LogP contribution in [0.25, 0.3) is 0 Å². The summed E-state index contributed by atoms with van der Waals surface area (Å²) in [5.41, 5.74) is 2.67. The summed E-state index contributed by atoms with van der Waals surface area (Å²) in [7, 11) is 0. The van der Waals surface area contributed by atoms with E-state index < -0.39 is 0 Å². The van der Waals surface area contributed by atoms with Gasteiger partial charge in [-0.05, 0) is 98.7 Å². The van der Waals surface area contributed by atoms with Crippen LogP contribution in [0, 0.1) is 34.5 Å². The van der Waals surface area contributed by atoms with E-state index in [2.05, 4.69) is 33.8 Å². The van der Waals surface area contributed by atoms with Crippen molar-refractivity contribution in [2.45, 2.75) is 147 Å². The normalized spacial score (nSPS) is 39.3. The number of hydrogen-bond acceptors (Lipinski definition) is 2. The standard InChI is InChI=1S/C32H53ClOS/c1-5-7-8-9-10-11-13-23-15-17-27-26-16-14-24-22-25(35-30(34)29(33)12-6-2)18-20-32(24,4)28(26)19-21-31(23,27)3/h14,23,25-29H,5-13,15-22H2,1-4H3. The zero-order valence-corrected chi connectivity index (χ0v) is 24.8. The third-order valence-electron chi connectivity index (χ3n) is 11.2. The van der Waals surface area contributed by atoms with Crippen LogP contribution in [0.2, 0.25) is 0 Å². The Hall–Kier alpha value is 0.0500. The number of alkyl halides is 1. The van der Waals surface area contributed by atoms with Crippen LogP contribution >= 0.6 is 23.4 Å². The zero-order chi connectivity index (χ0) is 25.1. The molecule has 0 aromatic carbocycles. The van der Waals surface area contributed by atoms with Crippen molar-refractivity contribution >= 4 is 28.5 Å². The van der Waals surface area contributed by atoms with Crippen molar-refractivity contribution in [2.75, 3.05) is 0 Å². The van der Waals surface area contributed by atoms with Crippen LogP contribution in [0.5, 0.6) is 0 Å². The van der Waals surface area contributed by atoms with Crippen molar-refractivity contribution in [3.05, 3.63) is 11.6 Å². The van der Waals surface area contributed by atoms with Gasteiger partial charge >= 0.3 is 0 Å². The number of allylic oxidation sites excluding steroid dienone is 2. The Morgan fingerprint density at radius 1 is 1.00 bits per heavy atom. The highest BCUT2D eigenvalue weighted by Gasteiger charge is 2.58. The molecule has 0 aromatic rings. The van der Waals surface area contributed by atoms with Gasteiger partial charge in [0.2, 0.25) is 5.12 Å². The largest absolute Gasteiger partial charge is 0.286 e. The average molecular weight is 521 g/mol. The molecule has 35 heavy (non-hydrogen) atoms. The molecule has 4 aliphatic carbocycles. The smallest absolute Gasteiger partial charge is 0.207 e. The molecular weight excluding hydrogens is 468 g/mol. The van der Waals surface area contributed by atoms with E-state index in [0.29, 0.717) is 16.1 Å². The minimum absolute atomic E-state index is 0.215. The van der Waals surface area contributed by atoms with Gasteiger partial charge < -0.3 is 0 Å². The predicted octanol–water partition coefficient (Wildman–Crippen LogP) is 10.4. The van der Waals surface area contributed by atoms with E-state index in [-0.39, 0.29) is 10.5 Å². The first-order valence-corrected chi connectivity index (χ1v) is 16.7. The lowest BCUT2D eigenvalue weighted by Crippen LogP contribution is -2.50. The molecule has 0 bridgehead atoms. The van der Waals surface area contributed by atoms with Crippen molar-refractivity contribution in [3.8, 4) is 0 Å². The van der Waals surface area contributed by atoms with Crippen LogP contribution in [0.4, 0.5) is 0 Å². The average Bonchev–Trinajstić information content (AvgIpc) is 3.18. The van der Waals surface area contributed by atoms with Crippen molar-refractivity contribution < 1.29 is 4.79 Å². The van der Waals surface area contributed by atoms with Crippen LogP contribution in [0.1, 0.15) is 137 Å². The molecule has 8 atom stereocenters. The summed E-state index contributed by atoms with van der Waals surface area (Å²) < 4.78 is 0. The molecule has 0 N–H and O–H groups in total. The molecule has 3 fully saturated rings. The highest BCUT2D eigenvalue weighted by molar-refractivity contribution is 8.14. The Labute approximate surface area is 226 Å². The van der Waals surface area contributed by atoms with Crippen molar-refractivity contribution in [1.82, 2.24) is 0 Å². The van der Waals surface area contributed by atoms with Crippen LogP contribution in [0.15, 0.2) is 11.6 Å². The Bertz CT molecular complexity index is 748. The third kappa shape index (κ3) is 5.89. The second-order valence-corrected chi connectivity index (χ2v) is 15.0. The Kier molecular flexibility index (Phi) is 9.84. The van der Waals surface area contributed by atoms with Gasteiger partial charge in [-0.2, -0.15) is 0 Å². The summed E-state index contributed by atoms with van der Waals surface area (Å²) in [4.78, 5) is 12.6. The minimum atomic E-state index is -0.300. The number of hydrogen-bond donors (Lipinski definition) is 0. The van der Waals surface area contributed by atoms with Gasteiger partial charge in [-0.1, -0.05) is 96.1 Å². The van der Waals surface area contributed by atoms with Crippen LogP contribution in [0.3, 0.4) is 0 Å². The molecule has 0 aliphatic heterocycles. The molecular formula is C32H53ClOS. The molecule has 3 heteroatoms. The van der Waals surface area contributed by atoms with E-state index in [9.17, 15) is 4.79 Å². The zero-order valence-electron chi connectivity index (χ0n) is 23.3. The maximum absolute atomic E-state index is 12.6. The Morgan fingerprint density at radius 2 is 1.77 bits per heavy atom. The second-order valence-electron chi connectivity index (χ2n) is 13.2. The lowest BCUT2D eigenvalue weighted by atomic mass is 9.47. The number of unbranched alkanes of at least 4 members (excludes halogenated alkanes) is 5. The number of carbonyl (C=O) groups excluding carboxylic acids is 1. The number of fused-ring (bicyclic) bond motifs is 5. The van der Waals surface area contributed by atoms with E-state index in [4.69, 9.17) is 11.6 Å². The second kappa shape index (κ2) is 12.3. The van der Waals surface area contributed by atoms with Gasteiger partial charge in [-0.3, -0.25) is 4.79 Å². The van der Waals surface area contributed by atoms with Crippen molar-refractivity contribution in [2.24, 2.45) is 34.5 Å². The van der Waals surface area contributed by atoms with Gasteiger partial charge in [0.1, 0.15) is 5.38 Å². The number of rotatable bonds is 11. The van der Waals surface area contributed by atoms with Crippen molar-refractivity contribution in [1.29, 1.82) is 0 Å². The van der Waals surface area contributed by atoms with Gasteiger partial charge in [0.15, 0.2) is 0 Å². The number of thioether (sulfide) groups is 1. The fourth-order valence-corrected chi connectivity index (χ4v) is 10.6. The molecule has 4 aliphatic rings. The highest BCUT2D eigenvalue weighted by Crippen LogP contribution is 2.67. The summed E-state index contributed by atoms with van der Waals surface area (Å²) in [6.07, 6.45) is 25.3. The van der Waals surface area contributed by atoms with Gasteiger partial charge in [-0.25, -0.2) is 0 Å². The molecule has 1 nitrogen and oxygen atoms in total. The summed E-state index contributed by atoms with van der Waals surface area (Å²) in [5, 5.41) is 0.358. The van der Waals surface area contributed by atoms with E-state index in [0.717, 1.165) is 42.9 Å². The van der Waals surface area contributed by atoms with E-state index >= 15 is 0 Å². The topological polar surface area (TPSA) is 17.1 Å². The van der Waals surface area contributed by atoms with Gasteiger partial charge in [-0.15, -0.1) is 11.6 Å². The van der Waals surface area contributed by atoms with E-state index in [1.54, 1.807) is 17.3 Å². The van der Waals surface area contributed by atoms with Gasteiger partial charge in [0.05, 0.1) is 0 Å². The van der Waals surface area contributed by atoms with Crippen molar-refractivity contribution in [3.63, 3.8) is 0 Å². The Morgan fingerprint density at radius 3 is 2.54 bits per heavy atom. The third-order valence-corrected chi connectivity index (χ3v) is 13.0. The lowest BCUT2D eigenvalue weighted by molar-refractivity contribution is -0.110. The predicted molar refractivity (Wildman–Crippen MR) is 154 cm³/mol. The maximum Gasteiger partial charge on any atom is 0.207 e. The fourth-order valence-electron chi connectivity index (χ4n) is 9.09. The molecule has 4 rings (SSSR count). The van der Waals surface area contributed by atoms with Crippen LogP contribution < -0.4 is 0 Å². The summed E-state index contributed by atoms with van der Waals surface area (Å²) in [6.45, 7) is 9.72. The highest BCUT2D eigenvalue weighted by atomic mass is 35.5. The summed E-state index contributed by atoms with van der Waals surface area (Å²) in [5.74, 6) is 3.69. The van der Waals surface area contributed by atoms with E-state index in [1.165, 1.54) is 89.9 Å². The molecule has 0 radical (unpaired) electrons. The fraction of sp³-hybridized carbons (Fsp3) is 0.906. The monoisotopic (exact) mass is 520 g/mol. The SMILES string of the molecule is CCCCCCCCC1CCC2C3CC=C4CC(SC(=O)C(Cl)CCC)CCC4(C)C3CCC12C. The maximum atomic E-state index is 12.6.